The van der Waals surface area contributed by atoms with Crippen LogP contribution in [0.25, 0.3) is 16.7 Å². The summed E-state index contributed by atoms with van der Waals surface area (Å²) in [7, 11) is 0. The number of pyridine rings is 1. The van der Waals surface area contributed by atoms with Crippen LogP contribution in [0.2, 0.25) is 0 Å². The Morgan fingerprint density at radius 1 is 1.17 bits per heavy atom. The van der Waals surface area contributed by atoms with Gasteiger partial charge in [0.05, 0.1) is 40.7 Å². The van der Waals surface area contributed by atoms with Gasteiger partial charge >= 0.3 is 6.18 Å². The predicted octanol–water partition coefficient (Wildman–Crippen LogP) is 5.84. The summed E-state index contributed by atoms with van der Waals surface area (Å²) in [6, 6.07) is 13.1. The third-order valence-corrected chi connectivity index (χ3v) is 8.33. The van der Waals surface area contributed by atoms with E-state index in [4.69, 9.17) is 4.98 Å². The fourth-order valence-corrected chi connectivity index (χ4v) is 6.32. The third kappa shape index (κ3) is 5.87. The molecule has 216 valence electrons. The van der Waals surface area contributed by atoms with Crippen molar-refractivity contribution in [2.24, 2.45) is 0 Å². The molecule has 0 aliphatic carbocycles. The Bertz CT molecular complexity index is 1730. The molecule has 1 amide bonds. The summed E-state index contributed by atoms with van der Waals surface area (Å²) in [5.74, 6) is -0.0955. The molecule has 42 heavy (non-hydrogen) atoms. The van der Waals surface area contributed by atoms with Gasteiger partial charge < -0.3 is 4.90 Å². The van der Waals surface area contributed by atoms with Gasteiger partial charge in [-0.3, -0.25) is 14.2 Å². The molecule has 3 heterocycles. The van der Waals surface area contributed by atoms with E-state index in [1.165, 1.54) is 16.8 Å². The second kappa shape index (κ2) is 11.9. The number of carbonyl (C=O) groups is 1. The zero-order valence-corrected chi connectivity index (χ0v) is 23.3. The van der Waals surface area contributed by atoms with E-state index >= 15 is 0 Å². The van der Waals surface area contributed by atoms with Crippen LogP contribution in [0, 0.1) is 17.1 Å². The smallest absolute Gasteiger partial charge is 0.329 e. The minimum absolute atomic E-state index is 0.0220. The van der Waals surface area contributed by atoms with Crippen molar-refractivity contribution in [1.29, 1.82) is 5.26 Å². The number of alkyl halides is 3. The van der Waals surface area contributed by atoms with Gasteiger partial charge in [-0.25, -0.2) is 14.4 Å². The number of carbonyl (C=O) groups excluding carboxylic acids is 1. The van der Waals surface area contributed by atoms with Crippen molar-refractivity contribution in [3.05, 3.63) is 99.5 Å². The molecule has 0 N–H and O–H groups in total. The highest BCUT2D eigenvalue weighted by molar-refractivity contribution is 7.99. The topological polar surface area (TPSA) is 91.9 Å². The van der Waals surface area contributed by atoms with E-state index in [1.807, 2.05) is 6.07 Å². The highest BCUT2D eigenvalue weighted by Crippen LogP contribution is 2.34. The summed E-state index contributed by atoms with van der Waals surface area (Å²) in [5.41, 5.74) is -0.814. The van der Waals surface area contributed by atoms with Gasteiger partial charge in [-0.2, -0.15) is 30.2 Å². The number of aromatic nitrogens is 3. The van der Waals surface area contributed by atoms with E-state index in [1.54, 1.807) is 60.0 Å². The van der Waals surface area contributed by atoms with Crippen molar-refractivity contribution in [3.63, 3.8) is 0 Å². The Morgan fingerprint density at radius 2 is 1.88 bits per heavy atom. The monoisotopic (exact) mass is 595 g/mol. The van der Waals surface area contributed by atoms with Crippen LogP contribution in [0.3, 0.4) is 0 Å². The van der Waals surface area contributed by atoms with Gasteiger partial charge in [0.15, 0.2) is 5.65 Å². The number of thioether (sulfide) groups is 1. The summed E-state index contributed by atoms with van der Waals surface area (Å²) in [6.45, 7) is 1.72. The first-order chi connectivity index (χ1) is 20.1. The minimum Gasteiger partial charge on any atom is -0.329 e. The van der Waals surface area contributed by atoms with Crippen LogP contribution in [-0.2, 0) is 17.4 Å². The van der Waals surface area contributed by atoms with Crippen molar-refractivity contribution in [1.82, 2.24) is 19.4 Å². The molecular weight excluding hydrogens is 570 g/mol. The summed E-state index contributed by atoms with van der Waals surface area (Å²) < 4.78 is 55.5. The molecule has 1 fully saturated rings. The Balaban J connectivity index is 1.62. The quantitative estimate of drug-likeness (QED) is 0.260. The molecule has 12 heteroatoms. The van der Waals surface area contributed by atoms with E-state index in [2.05, 4.69) is 4.98 Å². The van der Waals surface area contributed by atoms with E-state index in [9.17, 15) is 32.4 Å². The lowest BCUT2D eigenvalue weighted by Crippen LogP contribution is -2.46. The minimum atomic E-state index is -4.91. The fourth-order valence-electron chi connectivity index (χ4n) is 5.24. The molecule has 0 saturated carbocycles. The summed E-state index contributed by atoms with van der Waals surface area (Å²) >= 11 is 1.74. The van der Waals surface area contributed by atoms with Crippen LogP contribution in [-0.4, -0.2) is 42.9 Å². The average Bonchev–Trinajstić information content (AvgIpc) is 2.98. The number of nitrogens with zero attached hydrogens (tertiary/aromatic N) is 5. The molecule has 2 aromatic heterocycles. The molecule has 1 atom stereocenters. The molecular formula is C30H25F4N5O2S. The highest BCUT2D eigenvalue weighted by Gasteiger charge is 2.36. The van der Waals surface area contributed by atoms with Crippen molar-refractivity contribution < 1.29 is 22.4 Å². The lowest BCUT2D eigenvalue weighted by Gasteiger charge is -2.39. The van der Waals surface area contributed by atoms with Crippen molar-refractivity contribution in [3.8, 4) is 11.8 Å². The molecule has 1 aliphatic heterocycles. The lowest BCUT2D eigenvalue weighted by atomic mass is 10.0. The first kappa shape index (κ1) is 29.3. The van der Waals surface area contributed by atoms with Gasteiger partial charge in [-0.15, -0.1) is 0 Å². The largest absolute Gasteiger partial charge is 0.419 e. The van der Waals surface area contributed by atoms with Gasteiger partial charge in [-0.05, 0) is 85.4 Å². The van der Waals surface area contributed by atoms with Crippen molar-refractivity contribution >= 4 is 28.7 Å². The number of hydrogen-bond donors (Lipinski definition) is 0. The molecule has 7 nitrogen and oxygen atoms in total. The van der Waals surface area contributed by atoms with E-state index in [0.29, 0.717) is 30.2 Å². The van der Waals surface area contributed by atoms with Crippen LogP contribution in [0.5, 0.6) is 0 Å². The van der Waals surface area contributed by atoms with E-state index < -0.39 is 41.5 Å². The zero-order valence-electron chi connectivity index (χ0n) is 22.4. The number of benzene rings is 2. The first-order valence-electron chi connectivity index (χ1n) is 13.2. The Kier molecular flexibility index (Phi) is 8.31. The zero-order chi connectivity index (χ0) is 30.0. The Hall–Kier alpha value is -4.24. The number of amides is 1. The number of hydrogen-bond acceptors (Lipinski definition) is 6. The number of rotatable bonds is 6. The van der Waals surface area contributed by atoms with Gasteiger partial charge in [0.25, 0.3) is 5.56 Å². The third-order valence-electron chi connectivity index (χ3n) is 7.28. The summed E-state index contributed by atoms with van der Waals surface area (Å²) in [5, 5.41) is 9.51. The van der Waals surface area contributed by atoms with Crippen molar-refractivity contribution in [2.45, 2.75) is 44.4 Å². The van der Waals surface area contributed by atoms with E-state index in [-0.39, 0.29) is 28.5 Å². The van der Waals surface area contributed by atoms with Crippen LogP contribution < -0.4 is 5.56 Å². The van der Waals surface area contributed by atoms with Crippen LogP contribution in [0.1, 0.15) is 48.3 Å². The second-order valence-electron chi connectivity index (χ2n) is 9.95. The normalized spacial score (nSPS) is 14.9. The Labute approximate surface area is 242 Å². The lowest BCUT2D eigenvalue weighted by molar-refractivity contribution is -0.140. The summed E-state index contributed by atoms with van der Waals surface area (Å²) in [6.07, 6.45) is -2.51. The molecule has 2 aromatic carbocycles. The van der Waals surface area contributed by atoms with Crippen molar-refractivity contribution in [2.75, 3.05) is 11.5 Å². The molecule has 1 saturated heterocycles. The number of nitriles is 1. The van der Waals surface area contributed by atoms with Crippen LogP contribution >= 0.6 is 11.8 Å². The predicted molar refractivity (Wildman–Crippen MR) is 151 cm³/mol. The number of fused-ring (bicyclic) bond motifs is 1. The highest BCUT2D eigenvalue weighted by atomic mass is 32.2. The molecule has 0 bridgehead atoms. The molecule has 1 aliphatic rings. The maximum Gasteiger partial charge on any atom is 0.419 e. The fraction of sp³-hybridized carbons (Fsp3) is 0.300. The maximum absolute atomic E-state index is 13.9. The molecule has 4 aromatic rings. The molecule has 0 unspecified atom stereocenters. The maximum atomic E-state index is 13.9. The van der Waals surface area contributed by atoms with Gasteiger partial charge in [0, 0.05) is 12.2 Å². The van der Waals surface area contributed by atoms with Gasteiger partial charge in [0.2, 0.25) is 5.91 Å². The SMILES string of the molecule is C[C@H](c1nc2ncccc2c(=O)n1-c1ccc(C#N)cc1)N(C(=O)Cc1ccc(F)c(C(F)(F)F)c1)C1CCSCC1. The molecule has 5 rings (SSSR count). The van der Waals surface area contributed by atoms with Crippen LogP contribution in [0.15, 0.2) is 65.6 Å². The van der Waals surface area contributed by atoms with E-state index in [0.717, 1.165) is 17.6 Å². The number of halogens is 4. The van der Waals surface area contributed by atoms with Gasteiger partial charge in [0.1, 0.15) is 11.6 Å². The Morgan fingerprint density at radius 3 is 2.55 bits per heavy atom. The van der Waals surface area contributed by atoms with Crippen LogP contribution in [0.4, 0.5) is 17.6 Å². The summed E-state index contributed by atoms with van der Waals surface area (Å²) in [4.78, 5) is 38.3. The molecule has 0 spiro atoms. The van der Waals surface area contributed by atoms with Gasteiger partial charge in [-0.1, -0.05) is 6.07 Å². The first-order valence-corrected chi connectivity index (χ1v) is 14.4. The second-order valence-corrected chi connectivity index (χ2v) is 11.2. The molecule has 0 radical (unpaired) electrons. The average molecular weight is 596 g/mol. The standard InChI is InChI=1S/C30H25F4N5O2S/c1-18(28-37-27-23(3-2-12-36-27)29(41)39(28)21-7-4-19(17-35)5-8-21)38(22-10-13-42-14-11-22)26(40)16-20-6-9-25(31)24(15-20)30(32,33)34/h2-9,12,15,18,22H,10-11,13-14,16H2,1H3/t18-/m1/s1.